The molecule has 7 nitrogen and oxygen atoms in total. The number of nitrogens with zero attached hydrogens (tertiary/aromatic N) is 2. The van der Waals surface area contributed by atoms with Gasteiger partial charge in [0.1, 0.15) is 0 Å². The molecule has 1 heterocycles. The Morgan fingerprint density at radius 3 is 2.80 bits per heavy atom. The van der Waals surface area contributed by atoms with Gasteiger partial charge in [0.25, 0.3) is 0 Å². The van der Waals surface area contributed by atoms with Crippen LogP contribution in [0, 0.1) is 10.1 Å². The van der Waals surface area contributed by atoms with Crippen molar-refractivity contribution in [3.8, 4) is 0 Å². The average Bonchev–Trinajstić information content (AvgIpc) is 2.41. The highest BCUT2D eigenvalue weighted by Gasteiger charge is 2.15. The van der Waals surface area contributed by atoms with E-state index in [-0.39, 0.29) is 22.1 Å². The van der Waals surface area contributed by atoms with Crippen LogP contribution in [0.1, 0.15) is 10.4 Å². The highest BCUT2D eigenvalue weighted by molar-refractivity contribution is 6.33. The monoisotopic (exact) mass is 293 g/mol. The average molecular weight is 294 g/mol. The molecular formula is C12H8ClN3O4. The molecule has 20 heavy (non-hydrogen) atoms. The summed E-state index contributed by atoms with van der Waals surface area (Å²) in [7, 11) is 0. The van der Waals surface area contributed by atoms with E-state index in [0.717, 1.165) is 0 Å². The van der Waals surface area contributed by atoms with Gasteiger partial charge < -0.3 is 10.4 Å². The van der Waals surface area contributed by atoms with Gasteiger partial charge in [0.05, 0.1) is 15.5 Å². The number of halogens is 1. The number of aromatic carboxylic acids is 1. The molecule has 2 rings (SSSR count). The van der Waals surface area contributed by atoms with E-state index in [0.29, 0.717) is 5.69 Å². The van der Waals surface area contributed by atoms with Crippen LogP contribution in [0.3, 0.4) is 0 Å². The number of carbonyl (C=O) groups is 1. The van der Waals surface area contributed by atoms with Gasteiger partial charge in [0.15, 0.2) is 0 Å². The first-order valence-electron chi connectivity index (χ1n) is 5.38. The molecule has 0 aliphatic rings. The van der Waals surface area contributed by atoms with Gasteiger partial charge in [-0.05, 0) is 24.3 Å². The van der Waals surface area contributed by atoms with Crippen molar-refractivity contribution in [1.29, 1.82) is 0 Å². The van der Waals surface area contributed by atoms with Crippen molar-refractivity contribution < 1.29 is 14.8 Å². The zero-order chi connectivity index (χ0) is 14.7. The Kier molecular flexibility index (Phi) is 3.81. The minimum atomic E-state index is -1.19. The lowest BCUT2D eigenvalue weighted by atomic mass is 10.2. The molecular weight excluding hydrogens is 286 g/mol. The first kappa shape index (κ1) is 13.8. The van der Waals surface area contributed by atoms with Crippen molar-refractivity contribution >= 4 is 34.8 Å². The third-order valence-electron chi connectivity index (χ3n) is 2.44. The highest BCUT2D eigenvalue weighted by Crippen LogP contribution is 2.27. The molecule has 0 saturated carbocycles. The lowest BCUT2D eigenvalue weighted by molar-refractivity contribution is -0.384. The van der Waals surface area contributed by atoms with Crippen molar-refractivity contribution in [2.75, 3.05) is 5.32 Å². The molecule has 2 aromatic rings. The summed E-state index contributed by atoms with van der Waals surface area (Å²) in [5, 5.41) is 22.6. The zero-order valence-corrected chi connectivity index (χ0v) is 10.7. The molecule has 0 fully saturated rings. The Balaban J connectivity index is 2.38. The van der Waals surface area contributed by atoms with Crippen molar-refractivity contribution in [2.45, 2.75) is 0 Å². The van der Waals surface area contributed by atoms with Gasteiger partial charge >= 0.3 is 11.7 Å². The minimum Gasteiger partial charge on any atom is -0.478 e. The molecule has 0 aliphatic heterocycles. The fraction of sp³-hybridized carbons (Fsp3) is 0. The van der Waals surface area contributed by atoms with Gasteiger partial charge in [-0.25, -0.2) is 9.78 Å². The Labute approximate surface area is 118 Å². The van der Waals surface area contributed by atoms with Crippen LogP contribution in [0.15, 0.2) is 36.5 Å². The molecule has 0 bridgehead atoms. The van der Waals surface area contributed by atoms with E-state index >= 15 is 0 Å². The number of hydrogen-bond acceptors (Lipinski definition) is 5. The standard InChI is InChI=1S/C12H8ClN3O4/c13-9-4-3-7(6-8(9)12(17)18)15-11-10(16(19)20)2-1-5-14-11/h1-6H,(H,14,15)(H,17,18). The number of aromatic nitrogens is 1. The van der Waals surface area contributed by atoms with Crippen LogP contribution >= 0.6 is 11.6 Å². The summed E-state index contributed by atoms with van der Waals surface area (Å²) in [4.78, 5) is 25.1. The predicted molar refractivity (Wildman–Crippen MR) is 72.6 cm³/mol. The van der Waals surface area contributed by atoms with Crippen molar-refractivity contribution in [1.82, 2.24) is 4.98 Å². The highest BCUT2D eigenvalue weighted by atomic mass is 35.5. The normalized spacial score (nSPS) is 10.1. The van der Waals surface area contributed by atoms with E-state index in [1.54, 1.807) is 0 Å². The molecule has 1 aromatic heterocycles. The lowest BCUT2D eigenvalue weighted by Gasteiger charge is -2.07. The SMILES string of the molecule is O=C(O)c1cc(Nc2ncccc2[N+](=O)[O-])ccc1Cl. The van der Waals surface area contributed by atoms with E-state index in [1.807, 2.05) is 0 Å². The Hall–Kier alpha value is -2.67. The van der Waals surface area contributed by atoms with Crippen LogP contribution in [0.2, 0.25) is 5.02 Å². The second-order valence-corrected chi connectivity index (χ2v) is 4.16. The number of carboxylic acid groups (broad SMARTS) is 1. The van der Waals surface area contributed by atoms with E-state index in [4.69, 9.17) is 16.7 Å². The summed E-state index contributed by atoms with van der Waals surface area (Å²) in [6.07, 6.45) is 1.39. The molecule has 8 heteroatoms. The predicted octanol–water partition coefficient (Wildman–Crippen LogP) is 3.09. The van der Waals surface area contributed by atoms with Crippen molar-refractivity contribution in [3.63, 3.8) is 0 Å². The third kappa shape index (κ3) is 2.83. The number of anilines is 2. The van der Waals surface area contributed by atoms with Gasteiger partial charge in [-0.3, -0.25) is 10.1 Å². The number of carboxylic acids is 1. The van der Waals surface area contributed by atoms with Gasteiger partial charge in [-0.15, -0.1) is 0 Å². The maximum absolute atomic E-state index is 11.0. The Morgan fingerprint density at radius 2 is 2.15 bits per heavy atom. The maximum Gasteiger partial charge on any atom is 0.337 e. The van der Waals surface area contributed by atoms with E-state index in [9.17, 15) is 14.9 Å². The zero-order valence-electron chi connectivity index (χ0n) is 9.91. The van der Waals surface area contributed by atoms with E-state index in [1.165, 1.54) is 36.5 Å². The van der Waals surface area contributed by atoms with Crippen LogP contribution in [0.4, 0.5) is 17.2 Å². The summed E-state index contributed by atoms with van der Waals surface area (Å²) < 4.78 is 0. The fourth-order valence-electron chi connectivity index (χ4n) is 1.54. The number of rotatable bonds is 4. The molecule has 1 aromatic carbocycles. The lowest BCUT2D eigenvalue weighted by Crippen LogP contribution is -2.02. The number of benzene rings is 1. The summed E-state index contributed by atoms with van der Waals surface area (Å²) in [5.74, 6) is -1.16. The number of nitro groups is 1. The van der Waals surface area contributed by atoms with Crippen LogP contribution in [-0.2, 0) is 0 Å². The fourth-order valence-corrected chi connectivity index (χ4v) is 1.74. The molecule has 0 saturated heterocycles. The van der Waals surface area contributed by atoms with Crippen LogP contribution in [0.25, 0.3) is 0 Å². The van der Waals surface area contributed by atoms with E-state index in [2.05, 4.69) is 10.3 Å². The number of hydrogen-bond donors (Lipinski definition) is 2. The quantitative estimate of drug-likeness (QED) is 0.663. The molecule has 102 valence electrons. The molecule has 2 N–H and O–H groups in total. The topological polar surface area (TPSA) is 105 Å². The molecule has 0 radical (unpaired) electrons. The summed E-state index contributed by atoms with van der Waals surface area (Å²) in [6, 6.07) is 6.91. The molecule has 0 aliphatic carbocycles. The number of pyridine rings is 1. The van der Waals surface area contributed by atoms with Crippen molar-refractivity contribution in [3.05, 3.63) is 57.2 Å². The van der Waals surface area contributed by atoms with Crippen molar-refractivity contribution in [2.24, 2.45) is 0 Å². The number of nitrogens with one attached hydrogen (secondary N) is 1. The van der Waals surface area contributed by atoms with Gasteiger partial charge in [-0.1, -0.05) is 11.6 Å². The first-order valence-corrected chi connectivity index (χ1v) is 5.76. The minimum absolute atomic E-state index is 0.0242. The molecule has 0 atom stereocenters. The maximum atomic E-state index is 11.0. The Morgan fingerprint density at radius 1 is 1.40 bits per heavy atom. The second kappa shape index (κ2) is 5.54. The van der Waals surface area contributed by atoms with E-state index < -0.39 is 10.9 Å². The largest absolute Gasteiger partial charge is 0.478 e. The Bertz CT molecular complexity index is 690. The van der Waals surface area contributed by atoms with Gasteiger partial charge in [-0.2, -0.15) is 0 Å². The molecule has 0 spiro atoms. The molecule has 0 unspecified atom stereocenters. The van der Waals surface area contributed by atoms with Crippen LogP contribution in [-0.4, -0.2) is 21.0 Å². The van der Waals surface area contributed by atoms with Gasteiger partial charge in [0, 0.05) is 18.0 Å². The third-order valence-corrected chi connectivity index (χ3v) is 2.77. The van der Waals surface area contributed by atoms with Crippen LogP contribution < -0.4 is 5.32 Å². The smallest absolute Gasteiger partial charge is 0.337 e. The summed E-state index contributed by atoms with van der Waals surface area (Å²) in [6.45, 7) is 0. The molecule has 0 amide bonds. The van der Waals surface area contributed by atoms with Crippen LogP contribution in [0.5, 0.6) is 0 Å². The summed E-state index contributed by atoms with van der Waals surface area (Å²) in [5.41, 5.74) is 0.0307. The first-order chi connectivity index (χ1) is 9.49. The summed E-state index contributed by atoms with van der Waals surface area (Å²) >= 11 is 5.74. The second-order valence-electron chi connectivity index (χ2n) is 3.75. The van der Waals surface area contributed by atoms with Gasteiger partial charge in [0.2, 0.25) is 5.82 Å².